The molecule has 0 unspecified atom stereocenters. The summed E-state index contributed by atoms with van der Waals surface area (Å²) in [7, 11) is 1.16. The first-order chi connectivity index (χ1) is 14.7. The minimum atomic E-state index is -0.763. The van der Waals surface area contributed by atoms with Crippen LogP contribution in [0.2, 0.25) is 0 Å². The Kier molecular flexibility index (Phi) is 7.55. The Bertz CT molecular complexity index is 1050. The molecule has 0 aliphatic heterocycles. The second kappa shape index (κ2) is 10.3. The van der Waals surface area contributed by atoms with Crippen molar-refractivity contribution in [3.8, 4) is 17.2 Å². The zero-order valence-corrected chi connectivity index (χ0v) is 16.3. The van der Waals surface area contributed by atoms with Crippen molar-refractivity contribution in [1.29, 1.82) is 0 Å². The van der Waals surface area contributed by atoms with E-state index in [1.807, 2.05) is 0 Å². The van der Waals surface area contributed by atoms with Crippen molar-refractivity contribution in [3.05, 3.63) is 62.2 Å². The molecule has 0 saturated carbocycles. The van der Waals surface area contributed by atoms with E-state index in [1.165, 1.54) is 36.4 Å². The normalized spacial score (nSPS) is 10.4. The van der Waals surface area contributed by atoms with Gasteiger partial charge in [0.1, 0.15) is 0 Å². The highest BCUT2D eigenvalue weighted by Crippen LogP contribution is 2.39. The van der Waals surface area contributed by atoms with Crippen molar-refractivity contribution in [2.75, 3.05) is 13.7 Å². The van der Waals surface area contributed by atoms with Gasteiger partial charge < -0.3 is 14.2 Å². The van der Waals surface area contributed by atoms with Crippen LogP contribution in [0.25, 0.3) is 0 Å². The summed E-state index contributed by atoms with van der Waals surface area (Å²) in [6.45, 7) is 0.543. The summed E-state index contributed by atoms with van der Waals surface area (Å²) in [6.07, 6.45) is 0.987. The van der Waals surface area contributed by atoms with Crippen LogP contribution in [0.1, 0.15) is 12.5 Å². The maximum atomic E-state index is 11.9. The van der Waals surface area contributed by atoms with Gasteiger partial charge in [-0.3, -0.25) is 29.8 Å². The van der Waals surface area contributed by atoms with E-state index < -0.39 is 34.0 Å². The second-order valence-electron chi connectivity index (χ2n) is 5.69. The number of para-hydroxylation sites is 2. The van der Waals surface area contributed by atoms with Gasteiger partial charge >= 0.3 is 17.3 Å². The molecule has 1 N–H and O–H groups in total. The number of methoxy groups -OCH3 is 1. The standard InChI is InChI=1S/C18H16N4O9/c1-11(23)31-15-8-7-12(17(22(27)28)18(15)29-2)9-19-20-16(24)10-30-14-6-4-3-5-13(14)21(25)26/h3-9H,10H2,1-2H3,(H,20,24)/b19-9+. The third-order valence-electron chi connectivity index (χ3n) is 3.58. The molecule has 13 heteroatoms. The van der Waals surface area contributed by atoms with Crippen LogP contribution in [0.4, 0.5) is 11.4 Å². The van der Waals surface area contributed by atoms with Crippen LogP contribution < -0.4 is 19.6 Å². The Hall–Kier alpha value is -4.55. The van der Waals surface area contributed by atoms with E-state index in [9.17, 15) is 29.8 Å². The van der Waals surface area contributed by atoms with Crippen molar-refractivity contribution >= 4 is 29.5 Å². The zero-order valence-electron chi connectivity index (χ0n) is 16.3. The molecule has 0 fully saturated rings. The van der Waals surface area contributed by atoms with E-state index in [4.69, 9.17) is 14.2 Å². The van der Waals surface area contributed by atoms with Crippen LogP contribution in [0.3, 0.4) is 0 Å². The Morgan fingerprint density at radius 2 is 1.81 bits per heavy atom. The molecule has 0 radical (unpaired) electrons. The van der Waals surface area contributed by atoms with Crippen LogP contribution in [0.5, 0.6) is 17.2 Å². The number of esters is 1. The molecule has 0 heterocycles. The number of hydrazone groups is 1. The first-order valence-electron chi connectivity index (χ1n) is 8.46. The molecule has 13 nitrogen and oxygen atoms in total. The van der Waals surface area contributed by atoms with E-state index in [2.05, 4.69) is 10.5 Å². The van der Waals surface area contributed by atoms with E-state index in [1.54, 1.807) is 0 Å². The zero-order chi connectivity index (χ0) is 23.0. The Labute approximate surface area is 174 Å². The molecule has 162 valence electrons. The minimum absolute atomic E-state index is 0.0438. The number of ether oxygens (including phenoxy) is 3. The summed E-state index contributed by atoms with van der Waals surface area (Å²) in [6, 6.07) is 8.02. The van der Waals surface area contributed by atoms with Crippen molar-refractivity contribution < 1.29 is 33.6 Å². The number of hydrogen-bond acceptors (Lipinski definition) is 10. The summed E-state index contributed by atoms with van der Waals surface area (Å²) in [5.74, 6) is -2.01. The predicted molar refractivity (Wildman–Crippen MR) is 105 cm³/mol. The number of nitrogens with zero attached hydrogens (tertiary/aromatic N) is 3. The van der Waals surface area contributed by atoms with E-state index in [-0.39, 0.29) is 28.5 Å². The lowest BCUT2D eigenvalue weighted by molar-refractivity contribution is -0.386. The molecular weight excluding hydrogens is 416 g/mol. The topological polar surface area (TPSA) is 172 Å². The van der Waals surface area contributed by atoms with Gasteiger partial charge in [-0.15, -0.1) is 0 Å². The van der Waals surface area contributed by atoms with Gasteiger partial charge in [0.25, 0.3) is 5.91 Å². The highest BCUT2D eigenvalue weighted by Gasteiger charge is 2.25. The van der Waals surface area contributed by atoms with Crippen LogP contribution in [-0.4, -0.2) is 41.7 Å². The number of rotatable bonds is 9. The molecule has 1 amide bonds. The second-order valence-corrected chi connectivity index (χ2v) is 5.69. The molecule has 0 aliphatic rings. The number of nitrogens with one attached hydrogen (secondary N) is 1. The molecule has 2 rings (SSSR count). The van der Waals surface area contributed by atoms with E-state index >= 15 is 0 Å². The van der Waals surface area contributed by atoms with Crippen LogP contribution >= 0.6 is 0 Å². The van der Waals surface area contributed by atoms with Gasteiger partial charge in [0.2, 0.25) is 5.75 Å². The van der Waals surface area contributed by atoms with Crippen LogP contribution in [-0.2, 0) is 9.59 Å². The summed E-state index contributed by atoms with van der Waals surface area (Å²) in [4.78, 5) is 44.0. The first kappa shape index (κ1) is 22.7. The van der Waals surface area contributed by atoms with E-state index in [0.29, 0.717) is 0 Å². The lowest BCUT2D eigenvalue weighted by atomic mass is 10.1. The Balaban J connectivity index is 2.11. The number of benzene rings is 2. The molecule has 0 bridgehead atoms. The first-order valence-corrected chi connectivity index (χ1v) is 8.46. The van der Waals surface area contributed by atoms with Crippen LogP contribution in [0, 0.1) is 20.2 Å². The average Bonchev–Trinajstić information content (AvgIpc) is 2.72. The van der Waals surface area contributed by atoms with Gasteiger partial charge in [-0.05, 0) is 18.2 Å². The fourth-order valence-corrected chi connectivity index (χ4v) is 2.37. The smallest absolute Gasteiger partial charge is 0.323 e. The number of carbonyl (C=O) groups is 2. The number of nitro benzene ring substituents is 2. The largest absolute Gasteiger partial charge is 0.488 e. The molecule has 31 heavy (non-hydrogen) atoms. The van der Waals surface area contributed by atoms with Crippen molar-refractivity contribution in [1.82, 2.24) is 5.43 Å². The van der Waals surface area contributed by atoms with Crippen molar-refractivity contribution in [2.45, 2.75) is 6.92 Å². The lowest BCUT2D eigenvalue weighted by Gasteiger charge is -2.09. The Morgan fingerprint density at radius 3 is 2.42 bits per heavy atom. The SMILES string of the molecule is COc1c(OC(C)=O)ccc(/C=N/NC(=O)COc2ccccc2[N+](=O)[O-])c1[N+](=O)[O-]. The predicted octanol–water partition coefficient (Wildman–Crippen LogP) is 1.97. The highest BCUT2D eigenvalue weighted by molar-refractivity contribution is 5.90. The third kappa shape index (κ3) is 5.96. The molecule has 0 spiro atoms. The maximum absolute atomic E-state index is 11.9. The maximum Gasteiger partial charge on any atom is 0.323 e. The number of amides is 1. The number of hydrogen-bond donors (Lipinski definition) is 1. The summed E-state index contributed by atoms with van der Waals surface area (Å²) in [5.41, 5.74) is 1.20. The van der Waals surface area contributed by atoms with Gasteiger partial charge in [-0.25, -0.2) is 5.43 Å². The average molecular weight is 432 g/mol. The van der Waals surface area contributed by atoms with Crippen molar-refractivity contribution in [2.24, 2.45) is 5.10 Å². The van der Waals surface area contributed by atoms with Crippen molar-refractivity contribution in [3.63, 3.8) is 0 Å². The molecule has 0 saturated heterocycles. The summed E-state index contributed by atoms with van der Waals surface area (Å²) >= 11 is 0. The molecule has 0 atom stereocenters. The molecular formula is C18H16N4O9. The summed E-state index contributed by atoms with van der Waals surface area (Å²) < 4.78 is 15.0. The summed E-state index contributed by atoms with van der Waals surface area (Å²) in [5, 5.41) is 26.0. The molecule has 0 aromatic heterocycles. The number of nitro groups is 2. The fraction of sp³-hybridized carbons (Fsp3) is 0.167. The minimum Gasteiger partial charge on any atom is -0.488 e. The molecule has 2 aromatic rings. The monoisotopic (exact) mass is 432 g/mol. The van der Waals surface area contributed by atoms with Gasteiger partial charge in [0, 0.05) is 13.0 Å². The highest BCUT2D eigenvalue weighted by atomic mass is 16.6. The lowest BCUT2D eigenvalue weighted by Crippen LogP contribution is -2.24. The number of carbonyl (C=O) groups excluding carboxylic acids is 2. The fourth-order valence-electron chi connectivity index (χ4n) is 2.37. The molecule has 0 aliphatic carbocycles. The van der Waals surface area contributed by atoms with Crippen LogP contribution in [0.15, 0.2) is 41.5 Å². The molecule has 2 aromatic carbocycles. The van der Waals surface area contributed by atoms with Gasteiger partial charge in [-0.2, -0.15) is 5.10 Å². The Morgan fingerprint density at radius 1 is 1.10 bits per heavy atom. The van der Waals surface area contributed by atoms with Gasteiger partial charge in [-0.1, -0.05) is 12.1 Å². The van der Waals surface area contributed by atoms with Gasteiger partial charge in [0.15, 0.2) is 18.1 Å². The third-order valence-corrected chi connectivity index (χ3v) is 3.58. The quantitative estimate of drug-likeness (QED) is 0.204. The van der Waals surface area contributed by atoms with E-state index in [0.717, 1.165) is 20.2 Å². The van der Waals surface area contributed by atoms with Gasteiger partial charge in [0.05, 0.1) is 28.7 Å².